The molecule has 4 heterocycles. The van der Waals surface area contributed by atoms with Gasteiger partial charge in [-0.2, -0.15) is 0 Å². The van der Waals surface area contributed by atoms with Gasteiger partial charge in [-0.1, -0.05) is 29.3 Å². The summed E-state index contributed by atoms with van der Waals surface area (Å²) in [4.78, 5) is 33.2. The standard InChI is InChI=1S/C24H24Cl2N4O3/c1-15-11-28(14-27-15)20-4-5-21-24(32)29(12-16-2-3-18(25)19(26)10-16)22(13-30(21)23(20)31)17-6-8-33-9-7-17/h2-5,10-11,14,17,22H,6-9,12-13H2,1H3. The predicted molar refractivity (Wildman–Crippen MR) is 126 cm³/mol. The van der Waals surface area contributed by atoms with E-state index in [9.17, 15) is 9.59 Å². The predicted octanol–water partition coefficient (Wildman–Crippen LogP) is 4.10. The van der Waals surface area contributed by atoms with E-state index < -0.39 is 0 Å². The highest BCUT2D eigenvalue weighted by Crippen LogP contribution is 2.31. The van der Waals surface area contributed by atoms with Crippen molar-refractivity contribution < 1.29 is 9.53 Å². The van der Waals surface area contributed by atoms with Crippen molar-refractivity contribution in [3.63, 3.8) is 0 Å². The van der Waals surface area contributed by atoms with E-state index in [0.29, 0.717) is 47.7 Å². The Hall–Kier alpha value is -2.61. The molecule has 33 heavy (non-hydrogen) atoms. The fourth-order valence-electron chi connectivity index (χ4n) is 4.80. The Morgan fingerprint density at radius 3 is 2.58 bits per heavy atom. The van der Waals surface area contributed by atoms with E-state index in [0.717, 1.165) is 24.1 Å². The van der Waals surface area contributed by atoms with Gasteiger partial charge in [-0.15, -0.1) is 0 Å². The maximum absolute atomic E-state index is 13.7. The molecule has 1 saturated heterocycles. The first-order valence-corrected chi connectivity index (χ1v) is 11.8. The van der Waals surface area contributed by atoms with Gasteiger partial charge in [0.25, 0.3) is 11.5 Å². The summed E-state index contributed by atoms with van der Waals surface area (Å²) in [6.45, 7) is 4.03. The van der Waals surface area contributed by atoms with Gasteiger partial charge >= 0.3 is 0 Å². The van der Waals surface area contributed by atoms with Gasteiger partial charge in [-0.25, -0.2) is 4.98 Å². The summed E-state index contributed by atoms with van der Waals surface area (Å²) in [5.41, 5.74) is 2.40. The second kappa shape index (κ2) is 8.97. The van der Waals surface area contributed by atoms with Crippen LogP contribution in [0.4, 0.5) is 0 Å². The number of pyridine rings is 1. The third-order valence-corrected chi connectivity index (χ3v) is 7.28. The summed E-state index contributed by atoms with van der Waals surface area (Å²) in [5, 5.41) is 0.934. The monoisotopic (exact) mass is 486 g/mol. The number of rotatable bonds is 4. The lowest BCUT2D eigenvalue weighted by Gasteiger charge is -2.42. The van der Waals surface area contributed by atoms with E-state index in [1.807, 2.05) is 17.9 Å². The Balaban J connectivity index is 1.55. The second-order valence-corrected chi connectivity index (χ2v) is 9.45. The molecule has 1 atom stereocenters. The minimum absolute atomic E-state index is 0.124. The summed E-state index contributed by atoms with van der Waals surface area (Å²) in [7, 11) is 0. The molecule has 1 unspecified atom stereocenters. The highest BCUT2D eigenvalue weighted by molar-refractivity contribution is 6.42. The van der Waals surface area contributed by atoms with Crippen LogP contribution in [-0.4, -0.2) is 44.2 Å². The first kappa shape index (κ1) is 22.2. The minimum Gasteiger partial charge on any atom is -0.381 e. The third kappa shape index (κ3) is 4.21. The Bertz CT molecular complexity index is 1260. The molecule has 3 aromatic rings. The molecule has 172 valence electrons. The van der Waals surface area contributed by atoms with Crippen molar-refractivity contribution in [1.29, 1.82) is 0 Å². The number of ether oxygens (including phenoxy) is 1. The summed E-state index contributed by atoms with van der Waals surface area (Å²) >= 11 is 12.3. The molecular weight excluding hydrogens is 463 g/mol. The van der Waals surface area contributed by atoms with E-state index in [-0.39, 0.29) is 23.4 Å². The fraction of sp³-hybridized carbons (Fsp3) is 0.375. The molecule has 9 heteroatoms. The average Bonchev–Trinajstić information content (AvgIpc) is 3.25. The minimum atomic E-state index is -0.190. The topological polar surface area (TPSA) is 69.4 Å². The van der Waals surface area contributed by atoms with E-state index in [4.69, 9.17) is 27.9 Å². The van der Waals surface area contributed by atoms with Gasteiger partial charge in [-0.3, -0.25) is 9.59 Å². The van der Waals surface area contributed by atoms with E-state index in [2.05, 4.69) is 4.98 Å². The van der Waals surface area contributed by atoms with Crippen molar-refractivity contribution in [2.24, 2.45) is 5.92 Å². The lowest BCUT2D eigenvalue weighted by molar-refractivity contribution is 0.0102. The van der Waals surface area contributed by atoms with E-state index in [1.165, 1.54) is 0 Å². The zero-order chi connectivity index (χ0) is 23.1. The largest absolute Gasteiger partial charge is 0.381 e. The maximum atomic E-state index is 13.7. The zero-order valence-corrected chi connectivity index (χ0v) is 19.7. The van der Waals surface area contributed by atoms with Crippen molar-refractivity contribution in [1.82, 2.24) is 19.0 Å². The Kier molecular flexibility index (Phi) is 6.03. The molecule has 1 aromatic carbocycles. The Labute approximate surface area is 201 Å². The van der Waals surface area contributed by atoms with Crippen LogP contribution in [0.2, 0.25) is 10.0 Å². The Morgan fingerprint density at radius 1 is 1.09 bits per heavy atom. The van der Waals surface area contributed by atoms with Gasteiger partial charge in [0, 0.05) is 32.5 Å². The quantitative estimate of drug-likeness (QED) is 0.556. The van der Waals surface area contributed by atoms with Crippen molar-refractivity contribution in [2.45, 2.75) is 38.9 Å². The molecule has 7 nitrogen and oxygen atoms in total. The molecule has 2 aliphatic heterocycles. The number of hydrogen-bond acceptors (Lipinski definition) is 4. The molecule has 0 saturated carbocycles. The summed E-state index contributed by atoms with van der Waals surface area (Å²) in [6.07, 6.45) is 5.12. The fourth-order valence-corrected chi connectivity index (χ4v) is 5.12. The molecule has 0 radical (unpaired) electrons. The smallest absolute Gasteiger partial charge is 0.275 e. The lowest BCUT2D eigenvalue weighted by atomic mass is 9.88. The van der Waals surface area contributed by atoms with Crippen molar-refractivity contribution >= 4 is 29.1 Å². The summed E-state index contributed by atoms with van der Waals surface area (Å²) < 4.78 is 8.89. The van der Waals surface area contributed by atoms with Gasteiger partial charge in [-0.05, 0) is 55.5 Å². The molecule has 0 aliphatic carbocycles. The van der Waals surface area contributed by atoms with Crippen molar-refractivity contribution in [3.8, 4) is 5.69 Å². The van der Waals surface area contributed by atoms with Crippen molar-refractivity contribution in [2.75, 3.05) is 13.2 Å². The van der Waals surface area contributed by atoms with Crippen LogP contribution < -0.4 is 5.56 Å². The van der Waals surface area contributed by atoms with Crippen LogP contribution in [-0.2, 0) is 17.8 Å². The molecule has 2 aliphatic rings. The Morgan fingerprint density at radius 2 is 1.88 bits per heavy atom. The highest BCUT2D eigenvalue weighted by Gasteiger charge is 2.38. The number of aromatic nitrogens is 3. The first-order chi connectivity index (χ1) is 15.9. The third-order valence-electron chi connectivity index (χ3n) is 6.54. The van der Waals surface area contributed by atoms with Crippen LogP contribution in [0.3, 0.4) is 0 Å². The average molecular weight is 487 g/mol. The first-order valence-electron chi connectivity index (χ1n) is 11.0. The number of amides is 1. The van der Waals surface area contributed by atoms with Crippen LogP contribution in [0.5, 0.6) is 0 Å². The second-order valence-electron chi connectivity index (χ2n) is 8.64. The normalized spacial score (nSPS) is 19.1. The number of imidazole rings is 1. The van der Waals surface area contributed by atoms with Crippen molar-refractivity contribution in [3.05, 3.63) is 80.2 Å². The molecular formula is C24H24Cl2N4O3. The number of benzene rings is 1. The van der Waals surface area contributed by atoms with Crippen LogP contribution in [0.1, 0.15) is 34.6 Å². The zero-order valence-electron chi connectivity index (χ0n) is 18.2. The van der Waals surface area contributed by atoms with Crippen LogP contribution in [0.15, 0.2) is 47.7 Å². The maximum Gasteiger partial charge on any atom is 0.275 e. The SMILES string of the molecule is Cc1cn(-c2ccc3n(c2=O)CC(C2CCOCC2)N(Cc2ccc(Cl)c(Cl)c2)C3=O)cn1. The summed E-state index contributed by atoms with van der Waals surface area (Å²) in [6, 6.07) is 8.73. The molecule has 0 bridgehead atoms. The van der Waals surface area contributed by atoms with Crippen LogP contribution in [0, 0.1) is 12.8 Å². The number of carbonyl (C=O) groups is 1. The molecule has 0 spiro atoms. The highest BCUT2D eigenvalue weighted by atomic mass is 35.5. The van der Waals surface area contributed by atoms with Gasteiger partial charge in [0.15, 0.2) is 0 Å². The van der Waals surface area contributed by atoms with Gasteiger partial charge in [0.2, 0.25) is 0 Å². The van der Waals surface area contributed by atoms with Gasteiger partial charge < -0.3 is 18.8 Å². The number of hydrogen-bond donors (Lipinski definition) is 0. The van der Waals surface area contributed by atoms with Crippen LogP contribution in [0.25, 0.3) is 5.69 Å². The molecule has 1 fully saturated rings. The van der Waals surface area contributed by atoms with E-state index in [1.54, 1.807) is 45.9 Å². The number of nitrogens with zero attached hydrogens (tertiary/aromatic N) is 4. The number of halogens is 2. The van der Waals surface area contributed by atoms with E-state index >= 15 is 0 Å². The number of carbonyl (C=O) groups excluding carboxylic acids is 1. The molecule has 1 amide bonds. The lowest BCUT2D eigenvalue weighted by Crippen LogP contribution is -2.54. The summed E-state index contributed by atoms with van der Waals surface area (Å²) in [5.74, 6) is 0.0824. The van der Waals surface area contributed by atoms with Gasteiger partial charge in [0.1, 0.15) is 11.4 Å². The number of aryl methyl sites for hydroxylation is 1. The van der Waals surface area contributed by atoms with Gasteiger partial charge in [0.05, 0.1) is 28.1 Å². The molecule has 0 N–H and O–H groups in total. The molecule has 2 aromatic heterocycles. The number of fused-ring (bicyclic) bond motifs is 1. The van der Waals surface area contributed by atoms with Crippen LogP contribution >= 0.6 is 23.2 Å². The molecule has 5 rings (SSSR count).